The first-order valence-electron chi connectivity index (χ1n) is 7.03. The second-order valence-electron chi connectivity index (χ2n) is 5.11. The fourth-order valence-corrected chi connectivity index (χ4v) is 3.34. The molecule has 2 heterocycles. The van der Waals surface area contributed by atoms with Gasteiger partial charge in [-0.3, -0.25) is 4.79 Å². The molecular formula is C17H9ClFN3OS. The van der Waals surface area contributed by atoms with Gasteiger partial charge in [-0.1, -0.05) is 35.1 Å². The number of hydrogen-bond donors (Lipinski definition) is 0. The normalized spacial score (nSPS) is 12.2. The molecule has 0 atom stereocenters. The monoisotopic (exact) mass is 357 g/mol. The van der Waals surface area contributed by atoms with Gasteiger partial charge in [0.2, 0.25) is 4.96 Å². The Morgan fingerprint density at radius 2 is 1.96 bits per heavy atom. The van der Waals surface area contributed by atoms with Crippen LogP contribution in [-0.4, -0.2) is 14.6 Å². The molecule has 0 aliphatic carbocycles. The van der Waals surface area contributed by atoms with Crippen molar-refractivity contribution in [3.05, 3.63) is 79.8 Å². The van der Waals surface area contributed by atoms with Gasteiger partial charge in [0.15, 0.2) is 5.82 Å². The second-order valence-corrected chi connectivity index (χ2v) is 6.55. The fraction of sp³-hybridized carbons (Fsp3) is 0. The minimum absolute atomic E-state index is 0.271. The summed E-state index contributed by atoms with van der Waals surface area (Å²) in [6.45, 7) is 0. The molecule has 4 rings (SSSR count). The zero-order valence-corrected chi connectivity index (χ0v) is 13.7. The molecule has 2 aromatic carbocycles. The zero-order chi connectivity index (χ0) is 16.7. The summed E-state index contributed by atoms with van der Waals surface area (Å²) in [5.74, 6) is 0.119. The van der Waals surface area contributed by atoms with Gasteiger partial charge < -0.3 is 0 Å². The fourth-order valence-electron chi connectivity index (χ4n) is 2.30. The summed E-state index contributed by atoms with van der Waals surface area (Å²) >= 11 is 7.08. The molecule has 0 amide bonds. The molecule has 0 aliphatic rings. The van der Waals surface area contributed by atoms with Crippen molar-refractivity contribution in [3.63, 3.8) is 0 Å². The second kappa shape index (κ2) is 5.81. The van der Waals surface area contributed by atoms with Crippen molar-refractivity contribution < 1.29 is 4.39 Å². The van der Waals surface area contributed by atoms with Crippen LogP contribution in [0.4, 0.5) is 4.39 Å². The molecule has 0 unspecified atom stereocenters. The molecule has 0 saturated heterocycles. The topological polar surface area (TPSA) is 47.3 Å². The highest BCUT2D eigenvalue weighted by atomic mass is 35.5. The Bertz CT molecular complexity index is 1150. The lowest BCUT2D eigenvalue weighted by molar-refractivity contribution is 0.627. The van der Waals surface area contributed by atoms with Gasteiger partial charge in [0.25, 0.3) is 5.56 Å². The van der Waals surface area contributed by atoms with Crippen LogP contribution in [0, 0.1) is 5.82 Å². The van der Waals surface area contributed by atoms with E-state index in [9.17, 15) is 9.18 Å². The number of rotatable bonds is 2. The van der Waals surface area contributed by atoms with Gasteiger partial charge >= 0.3 is 0 Å². The number of fused-ring (bicyclic) bond motifs is 1. The van der Waals surface area contributed by atoms with Crippen LogP contribution >= 0.6 is 22.9 Å². The number of thiazole rings is 1. The average molecular weight is 358 g/mol. The average Bonchev–Trinajstić information content (AvgIpc) is 3.09. The van der Waals surface area contributed by atoms with Crippen molar-refractivity contribution in [1.82, 2.24) is 14.6 Å². The van der Waals surface area contributed by atoms with Crippen LogP contribution in [0.3, 0.4) is 0 Å². The highest BCUT2D eigenvalue weighted by Crippen LogP contribution is 2.19. The Morgan fingerprint density at radius 3 is 2.67 bits per heavy atom. The van der Waals surface area contributed by atoms with Crippen LogP contribution in [-0.2, 0) is 0 Å². The summed E-state index contributed by atoms with van der Waals surface area (Å²) in [6.07, 6.45) is 1.63. The molecular weight excluding hydrogens is 349 g/mol. The molecule has 0 spiro atoms. The number of aromatic nitrogens is 3. The predicted octanol–water partition coefficient (Wildman–Crippen LogP) is 3.16. The van der Waals surface area contributed by atoms with Gasteiger partial charge in [-0.05, 0) is 48.0 Å². The lowest BCUT2D eigenvalue weighted by Gasteiger charge is -1.94. The molecule has 4 nitrogen and oxygen atoms in total. The third kappa shape index (κ3) is 2.70. The number of halogens is 2. The smallest absolute Gasteiger partial charge is 0.266 e. The van der Waals surface area contributed by atoms with Crippen LogP contribution in [0.25, 0.3) is 22.4 Å². The Hall–Kier alpha value is -2.57. The van der Waals surface area contributed by atoms with Gasteiger partial charge in [-0.15, -0.1) is 5.10 Å². The first kappa shape index (κ1) is 15.0. The zero-order valence-electron chi connectivity index (χ0n) is 12.1. The van der Waals surface area contributed by atoms with E-state index in [2.05, 4.69) is 10.1 Å². The summed E-state index contributed by atoms with van der Waals surface area (Å²) < 4.78 is 15.0. The molecule has 7 heteroatoms. The van der Waals surface area contributed by atoms with E-state index in [1.165, 1.54) is 28.0 Å². The predicted molar refractivity (Wildman–Crippen MR) is 92.8 cm³/mol. The molecule has 4 aromatic rings. The maximum absolute atomic E-state index is 13.2. The largest absolute Gasteiger partial charge is 0.291 e. The van der Waals surface area contributed by atoms with E-state index < -0.39 is 0 Å². The summed E-state index contributed by atoms with van der Waals surface area (Å²) in [5, 5.41) is 4.88. The SMILES string of the molecule is O=c1/c(=C\c2cccc(F)c2)sc2nc(-c3ccc(Cl)cc3)nn12. The van der Waals surface area contributed by atoms with Gasteiger partial charge in [0.05, 0.1) is 4.53 Å². The third-order valence-electron chi connectivity index (χ3n) is 3.43. The van der Waals surface area contributed by atoms with Crippen molar-refractivity contribution in [3.8, 4) is 11.4 Å². The lowest BCUT2D eigenvalue weighted by Crippen LogP contribution is -2.23. The number of hydrogen-bond acceptors (Lipinski definition) is 4. The highest BCUT2D eigenvalue weighted by Gasteiger charge is 2.11. The van der Waals surface area contributed by atoms with Crippen LogP contribution in [0.1, 0.15) is 5.56 Å². The van der Waals surface area contributed by atoms with Crippen LogP contribution < -0.4 is 10.1 Å². The number of benzene rings is 2. The van der Waals surface area contributed by atoms with Gasteiger partial charge in [-0.2, -0.15) is 9.50 Å². The molecule has 0 saturated carbocycles. The lowest BCUT2D eigenvalue weighted by atomic mass is 10.2. The summed E-state index contributed by atoms with van der Waals surface area (Å²) in [6, 6.07) is 13.1. The Morgan fingerprint density at radius 1 is 1.17 bits per heavy atom. The summed E-state index contributed by atoms with van der Waals surface area (Å²) in [4.78, 5) is 17.3. The van der Waals surface area contributed by atoms with Crippen molar-refractivity contribution >= 4 is 34.0 Å². The summed E-state index contributed by atoms with van der Waals surface area (Å²) in [7, 11) is 0. The summed E-state index contributed by atoms with van der Waals surface area (Å²) in [5.41, 5.74) is 1.13. The molecule has 24 heavy (non-hydrogen) atoms. The van der Waals surface area contributed by atoms with Crippen LogP contribution in [0.5, 0.6) is 0 Å². The Kier molecular flexibility index (Phi) is 3.63. The Labute approximate surface area is 144 Å². The first-order chi connectivity index (χ1) is 11.6. The number of nitrogens with zero attached hydrogens (tertiary/aromatic N) is 3. The van der Waals surface area contributed by atoms with E-state index >= 15 is 0 Å². The van der Waals surface area contributed by atoms with Crippen molar-refractivity contribution in [1.29, 1.82) is 0 Å². The van der Waals surface area contributed by atoms with E-state index in [0.717, 1.165) is 5.56 Å². The van der Waals surface area contributed by atoms with Crippen LogP contribution in [0.2, 0.25) is 5.02 Å². The van der Waals surface area contributed by atoms with E-state index in [-0.39, 0.29) is 11.4 Å². The highest BCUT2D eigenvalue weighted by molar-refractivity contribution is 7.15. The minimum atomic E-state index is -0.347. The first-order valence-corrected chi connectivity index (χ1v) is 8.22. The maximum Gasteiger partial charge on any atom is 0.291 e. The van der Waals surface area contributed by atoms with Crippen molar-refractivity contribution in [2.24, 2.45) is 0 Å². The molecule has 0 aliphatic heterocycles. The van der Waals surface area contributed by atoms with E-state index in [4.69, 9.17) is 11.6 Å². The molecule has 2 aromatic heterocycles. The van der Waals surface area contributed by atoms with E-state index in [1.54, 1.807) is 42.5 Å². The molecule has 0 radical (unpaired) electrons. The molecule has 0 N–H and O–H groups in total. The van der Waals surface area contributed by atoms with E-state index in [0.29, 0.717) is 25.9 Å². The van der Waals surface area contributed by atoms with Gasteiger partial charge in [0.1, 0.15) is 5.82 Å². The van der Waals surface area contributed by atoms with Gasteiger partial charge in [0, 0.05) is 10.6 Å². The van der Waals surface area contributed by atoms with Crippen molar-refractivity contribution in [2.45, 2.75) is 0 Å². The van der Waals surface area contributed by atoms with Crippen LogP contribution in [0.15, 0.2) is 53.3 Å². The molecule has 0 fully saturated rings. The quantitative estimate of drug-likeness (QED) is 0.553. The van der Waals surface area contributed by atoms with Gasteiger partial charge in [-0.25, -0.2) is 4.39 Å². The third-order valence-corrected chi connectivity index (χ3v) is 4.64. The molecule has 118 valence electrons. The van der Waals surface area contributed by atoms with E-state index in [1.807, 2.05) is 0 Å². The van der Waals surface area contributed by atoms with Crippen molar-refractivity contribution in [2.75, 3.05) is 0 Å². The standard InChI is InChI=1S/C17H9ClFN3OS/c18-12-6-4-11(5-7-12)15-20-17-22(21-15)16(23)14(24-17)9-10-2-1-3-13(19)8-10/h1-9H/b14-9+. The maximum atomic E-state index is 13.2. The Balaban J connectivity index is 1.81. The minimum Gasteiger partial charge on any atom is -0.266 e. The molecule has 0 bridgehead atoms.